The van der Waals surface area contributed by atoms with E-state index in [2.05, 4.69) is 22.5 Å². The van der Waals surface area contributed by atoms with Gasteiger partial charge in [-0.2, -0.15) is 0 Å². The van der Waals surface area contributed by atoms with E-state index >= 15 is 0 Å². The van der Waals surface area contributed by atoms with Crippen LogP contribution in [0.4, 0.5) is 4.39 Å². The summed E-state index contributed by atoms with van der Waals surface area (Å²) in [6.45, 7) is 3.49. The van der Waals surface area contributed by atoms with Crippen LogP contribution in [0.15, 0.2) is 29.3 Å². The number of nitrogens with one attached hydrogen (secondary N) is 2. The third kappa shape index (κ3) is 5.29. The van der Waals surface area contributed by atoms with Crippen molar-refractivity contribution in [1.29, 1.82) is 0 Å². The van der Waals surface area contributed by atoms with Crippen LogP contribution in [-0.2, 0) is 4.74 Å². The van der Waals surface area contributed by atoms with E-state index in [1.54, 1.807) is 0 Å². The van der Waals surface area contributed by atoms with Gasteiger partial charge >= 0.3 is 0 Å². The van der Waals surface area contributed by atoms with E-state index in [1.807, 2.05) is 26.2 Å². The lowest BCUT2D eigenvalue weighted by atomic mass is 9.96. The van der Waals surface area contributed by atoms with Gasteiger partial charge in [-0.05, 0) is 58.0 Å². The van der Waals surface area contributed by atoms with Crippen molar-refractivity contribution in [3.63, 3.8) is 0 Å². The first-order valence-corrected chi connectivity index (χ1v) is 9.19. The Morgan fingerprint density at radius 1 is 1.31 bits per heavy atom. The van der Waals surface area contributed by atoms with E-state index in [-0.39, 0.29) is 35.8 Å². The number of guanidine groups is 1. The van der Waals surface area contributed by atoms with Crippen molar-refractivity contribution in [2.75, 3.05) is 27.2 Å². The van der Waals surface area contributed by atoms with Crippen molar-refractivity contribution in [3.8, 4) is 0 Å². The van der Waals surface area contributed by atoms with Crippen molar-refractivity contribution in [3.05, 3.63) is 35.6 Å². The highest BCUT2D eigenvalue weighted by Crippen LogP contribution is 2.34. The van der Waals surface area contributed by atoms with Gasteiger partial charge < -0.3 is 20.3 Å². The van der Waals surface area contributed by atoms with Crippen LogP contribution >= 0.6 is 24.0 Å². The molecule has 2 aliphatic heterocycles. The molecule has 2 bridgehead atoms. The van der Waals surface area contributed by atoms with Crippen LogP contribution in [0.5, 0.6) is 0 Å². The minimum absolute atomic E-state index is 0. The molecule has 4 unspecified atom stereocenters. The molecule has 0 spiro atoms. The standard InChI is InChI=1S/C19H29FN4O.HI/c1-4-21-19(23-16-11-15-9-10-18(16)25-15)22-12-17(24(2)3)13-5-7-14(20)8-6-13;/h5-8,15-18H,4,9-12H2,1-3H3,(H2,21,22,23);1H. The molecule has 26 heavy (non-hydrogen) atoms. The van der Waals surface area contributed by atoms with Gasteiger partial charge in [0.15, 0.2) is 5.96 Å². The molecule has 7 heteroatoms. The van der Waals surface area contributed by atoms with Crippen molar-refractivity contribution in [2.24, 2.45) is 4.99 Å². The molecule has 2 saturated heterocycles. The van der Waals surface area contributed by atoms with Gasteiger partial charge in [-0.15, -0.1) is 24.0 Å². The van der Waals surface area contributed by atoms with Crippen LogP contribution in [0.25, 0.3) is 0 Å². The normalized spacial score (nSPS) is 25.9. The van der Waals surface area contributed by atoms with E-state index in [4.69, 9.17) is 9.73 Å². The van der Waals surface area contributed by atoms with Crippen molar-refractivity contribution >= 4 is 29.9 Å². The summed E-state index contributed by atoms with van der Waals surface area (Å²) in [6, 6.07) is 7.13. The van der Waals surface area contributed by atoms with E-state index in [0.717, 1.165) is 30.9 Å². The quantitative estimate of drug-likeness (QED) is 0.377. The average Bonchev–Trinajstić information content (AvgIpc) is 3.19. The zero-order valence-corrected chi connectivity index (χ0v) is 18.1. The van der Waals surface area contributed by atoms with Crippen LogP contribution in [0.2, 0.25) is 0 Å². The Balaban J connectivity index is 0.00000243. The van der Waals surface area contributed by atoms with Crippen molar-refractivity contribution in [1.82, 2.24) is 15.5 Å². The topological polar surface area (TPSA) is 48.9 Å². The third-order valence-corrected chi connectivity index (χ3v) is 5.07. The second kappa shape index (κ2) is 9.85. The number of benzene rings is 1. The van der Waals surface area contributed by atoms with Gasteiger partial charge in [-0.25, -0.2) is 4.39 Å². The molecule has 2 fully saturated rings. The molecule has 0 saturated carbocycles. The second-order valence-electron chi connectivity index (χ2n) is 7.11. The summed E-state index contributed by atoms with van der Waals surface area (Å²) in [6.07, 6.45) is 4.11. The Morgan fingerprint density at radius 3 is 2.58 bits per heavy atom. The molecule has 1 aromatic rings. The number of hydrogen-bond acceptors (Lipinski definition) is 3. The first kappa shape index (κ1) is 21.4. The van der Waals surface area contributed by atoms with Crippen LogP contribution in [0.1, 0.15) is 37.8 Å². The fourth-order valence-electron chi connectivity index (χ4n) is 3.71. The molecule has 0 aromatic heterocycles. The van der Waals surface area contributed by atoms with Gasteiger partial charge in [0, 0.05) is 6.54 Å². The predicted octanol–water partition coefficient (Wildman–Crippen LogP) is 2.92. The number of fused-ring (bicyclic) bond motifs is 2. The van der Waals surface area contributed by atoms with Gasteiger partial charge in [0.05, 0.1) is 30.8 Å². The van der Waals surface area contributed by atoms with Crippen LogP contribution < -0.4 is 10.6 Å². The molecule has 1 aromatic carbocycles. The van der Waals surface area contributed by atoms with E-state index in [0.29, 0.717) is 24.8 Å². The summed E-state index contributed by atoms with van der Waals surface area (Å²) in [4.78, 5) is 6.90. The molecule has 0 radical (unpaired) electrons. The molecule has 2 aliphatic rings. The molecule has 4 atom stereocenters. The zero-order valence-electron chi connectivity index (χ0n) is 15.7. The zero-order chi connectivity index (χ0) is 17.8. The fraction of sp³-hybridized carbons (Fsp3) is 0.632. The lowest BCUT2D eigenvalue weighted by Gasteiger charge is -2.25. The van der Waals surface area contributed by atoms with Gasteiger partial charge in [-0.1, -0.05) is 12.1 Å². The first-order chi connectivity index (χ1) is 12.1. The summed E-state index contributed by atoms with van der Waals surface area (Å²) in [5.41, 5.74) is 1.06. The number of rotatable bonds is 6. The Labute approximate surface area is 172 Å². The summed E-state index contributed by atoms with van der Waals surface area (Å²) >= 11 is 0. The minimum Gasteiger partial charge on any atom is -0.373 e. The SMILES string of the molecule is CCNC(=NCC(c1ccc(F)cc1)N(C)C)NC1CC2CCC1O2.I. The molecule has 146 valence electrons. The number of ether oxygens (including phenoxy) is 1. The van der Waals surface area contributed by atoms with Crippen molar-refractivity contribution < 1.29 is 9.13 Å². The second-order valence-corrected chi connectivity index (χ2v) is 7.11. The molecular weight excluding hydrogens is 446 g/mol. The molecule has 5 nitrogen and oxygen atoms in total. The van der Waals surface area contributed by atoms with Crippen LogP contribution in [0, 0.1) is 5.82 Å². The van der Waals surface area contributed by atoms with E-state index in [1.165, 1.54) is 18.6 Å². The number of nitrogens with zero attached hydrogens (tertiary/aromatic N) is 2. The van der Waals surface area contributed by atoms with Gasteiger partial charge in [0.2, 0.25) is 0 Å². The maximum absolute atomic E-state index is 13.2. The third-order valence-electron chi connectivity index (χ3n) is 5.07. The van der Waals surface area contributed by atoms with Gasteiger partial charge in [0.1, 0.15) is 5.82 Å². The summed E-state index contributed by atoms with van der Waals surface area (Å²) in [5, 5.41) is 6.87. The molecule has 2 N–H and O–H groups in total. The van der Waals surface area contributed by atoms with Crippen LogP contribution in [0.3, 0.4) is 0 Å². The summed E-state index contributed by atoms with van der Waals surface area (Å²) < 4.78 is 19.1. The molecule has 2 heterocycles. The van der Waals surface area contributed by atoms with Gasteiger partial charge in [-0.3, -0.25) is 4.99 Å². The Kier molecular flexibility index (Phi) is 8.09. The molecule has 3 rings (SSSR count). The summed E-state index contributed by atoms with van der Waals surface area (Å²) in [7, 11) is 4.04. The molecule has 0 aliphatic carbocycles. The maximum Gasteiger partial charge on any atom is 0.191 e. The number of aliphatic imine (C=N–C) groups is 1. The highest BCUT2D eigenvalue weighted by molar-refractivity contribution is 14.0. The molecular formula is C19H30FIN4O. The lowest BCUT2D eigenvalue weighted by Crippen LogP contribution is -2.47. The van der Waals surface area contributed by atoms with Crippen molar-refractivity contribution in [2.45, 2.75) is 50.5 Å². The van der Waals surface area contributed by atoms with Crippen LogP contribution in [-0.4, -0.2) is 56.3 Å². The highest BCUT2D eigenvalue weighted by Gasteiger charge is 2.41. The number of hydrogen-bond donors (Lipinski definition) is 2. The monoisotopic (exact) mass is 476 g/mol. The Morgan fingerprint density at radius 2 is 2.04 bits per heavy atom. The number of halogens is 2. The first-order valence-electron chi connectivity index (χ1n) is 9.19. The largest absolute Gasteiger partial charge is 0.373 e. The Bertz CT molecular complexity index is 596. The highest BCUT2D eigenvalue weighted by atomic mass is 127. The minimum atomic E-state index is -0.212. The smallest absolute Gasteiger partial charge is 0.191 e. The van der Waals surface area contributed by atoms with E-state index < -0.39 is 0 Å². The number of likely N-dealkylation sites (N-methyl/N-ethyl adjacent to an activating group) is 1. The van der Waals surface area contributed by atoms with Gasteiger partial charge in [0.25, 0.3) is 0 Å². The lowest BCUT2D eigenvalue weighted by molar-refractivity contribution is 0.0992. The Hall–Kier alpha value is -0.930. The average molecular weight is 476 g/mol. The molecule has 0 amide bonds. The predicted molar refractivity (Wildman–Crippen MR) is 114 cm³/mol. The maximum atomic E-state index is 13.2. The fourth-order valence-corrected chi connectivity index (χ4v) is 3.71. The van der Waals surface area contributed by atoms with E-state index in [9.17, 15) is 4.39 Å². The summed E-state index contributed by atoms with van der Waals surface area (Å²) in [5.74, 6) is 0.619.